The molecule has 4 rings (SSSR count). The van der Waals surface area contributed by atoms with Crippen LogP contribution in [-0.2, 0) is 17.6 Å². The Morgan fingerprint density at radius 2 is 1.82 bits per heavy atom. The zero-order chi connectivity index (χ0) is 19.7. The number of hydrogen-bond donors (Lipinski definition) is 3. The Balaban J connectivity index is 1.43. The van der Waals surface area contributed by atoms with E-state index >= 15 is 0 Å². The third kappa shape index (κ3) is 3.56. The Labute approximate surface area is 162 Å². The molecule has 2 aromatic carbocycles. The van der Waals surface area contributed by atoms with Crippen molar-refractivity contribution in [3.63, 3.8) is 0 Å². The van der Waals surface area contributed by atoms with Gasteiger partial charge in [-0.15, -0.1) is 0 Å². The predicted octanol–water partition coefficient (Wildman–Crippen LogP) is 3.53. The van der Waals surface area contributed by atoms with Crippen LogP contribution in [-0.4, -0.2) is 22.4 Å². The second-order valence-corrected chi connectivity index (χ2v) is 7.30. The molecule has 5 nitrogen and oxygen atoms in total. The van der Waals surface area contributed by atoms with Crippen molar-refractivity contribution in [1.29, 1.82) is 0 Å². The number of benzene rings is 2. The second kappa shape index (κ2) is 7.35. The van der Waals surface area contributed by atoms with E-state index in [0.29, 0.717) is 24.9 Å². The minimum Gasteiger partial charge on any atom is -0.361 e. The summed E-state index contributed by atoms with van der Waals surface area (Å²) in [7, 11) is 0. The first-order valence-corrected chi connectivity index (χ1v) is 9.46. The maximum absolute atomic E-state index is 12.4. The molecule has 0 radical (unpaired) electrons. The van der Waals surface area contributed by atoms with E-state index in [1.807, 2.05) is 56.4 Å². The van der Waals surface area contributed by atoms with Crippen LogP contribution in [0.4, 0.5) is 0 Å². The number of pyridine rings is 1. The molecule has 1 amide bonds. The first-order chi connectivity index (χ1) is 13.5. The summed E-state index contributed by atoms with van der Waals surface area (Å²) in [5, 5.41) is 5.04. The Kier molecular flexibility index (Phi) is 4.74. The Morgan fingerprint density at radius 1 is 1.00 bits per heavy atom. The van der Waals surface area contributed by atoms with Crippen molar-refractivity contribution in [1.82, 2.24) is 15.3 Å². The molecule has 142 valence electrons. The van der Waals surface area contributed by atoms with Gasteiger partial charge in [0.2, 0.25) is 5.91 Å². The number of para-hydroxylation sites is 1. The SMILES string of the molecule is Cc1cc(C)c2cc(CCNC(=O)Cc3c[nH]c4ccccc34)c(=O)[nH]c2c1. The van der Waals surface area contributed by atoms with Crippen molar-refractivity contribution in [3.8, 4) is 0 Å². The van der Waals surface area contributed by atoms with Gasteiger partial charge in [0.25, 0.3) is 5.56 Å². The largest absolute Gasteiger partial charge is 0.361 e. The summed E-state index contributed by atoms with van der Waals surface area (Å²) in [6.07, 6.45) is 2.69. The fourth-order valence-electron chi connectivity index (χ4n) is 3.75. The highest BCUT2D eigenvalue weighted by Gasteiger charge is 2.10. The molecule has 0 spiro atoms. The van der Waals surface area contributed by atoms with E-state index in [-0.39, 0.29) is 11.5 Å². The number of fused-ring (bicyclic) bond motifs is 2. The van der Waals surface area contributed by atoms with Crippen molar-refractivity contribution in [2.24, 2.45) is 0 Å². The van der Waals surface area contributed by atoms with Gasteiger partial charge in [0.15, 0.2) is 0 Å². The van der Waals surface area contributed by atoms with E-state index in [4.69, 9.17) is 0 Å². The summed E-state index contributed by atoms with van der Waals surface area (Å²) < 4.78 is 0. The normalized spacial score (nSPS) is 11.2. The quantitative estimate of drug-likeness (QED) is 0.500. The highest BCUT2D eigenvalue weighted by atomic mass is 16.1. The van der Waals surface area contributed by atoms with E-state index in [9.17, 15) is 9.59 Å². The molecule has 0 saturated heterocycles. The van der Waals surface area contributed by atoms with Gasteiger partial charge in [-0.05, 0) is 55.2 Å². The summed E-state index contributed by atoms with van der Waals surface area (Å²) in [6, 6.07) is 14.0. The number of hydrogen-bond acceptors (Lipinski definition) is 2. The summed E-state index contributed by atoms with van der Waals surface area (Å²) in [6.45, 7) is 4.49. The molecular formula is C23H23N3O2. The minimum atomic E-state index is -0.0941. The lowest BCUT2D eigenvalue weighted by molar-refractivity contribution is -0.120. The maximum Gasteiger partial charge on any atom is 0.251 e. The number of carbonyl (C=O) groups excluding carboxylic acids is 1. The molecule has 2 heterocycles. The van der Waals surface area contributed by atoms with Crippen molar-refractivity contribution >= 4 is 27.7 Å². The van der Waals surface area contributed by atoms with Gasteiger partial charge >= 0.3 is 0 Å². The monoisotopic (exact) mass is 373 g/mol. The number of aromatic nitrogens is 2. The van der Waals surface area contributed by atoms with Crippen LogP contribution in [0, 0.1) is 13.8 Å². The van der Waals surface area contributed by atoms with Crippen LogP contribution in [0.15, 0.2) is 53.5 Å². The van der Waals surface area contributed by atoms with Crippen LogP contribution in [0.3, 0.4) is 0 Å². The first kappa shape index (κ1) is 18.0. The Hall–Kier alpha value is -3.34. The number of carbonyl (C=O) groups is 1. The molecule has 28 heavy (non-hydrogen) atoms. The second-order valence-electron chi connectivity index (χ2n) is 7.30. The van der Waals surface area contributed by atoms with Crippen LogP contribution in [0.2, 0.25) is 0 Å². The van der Waals surface area contributed by atoms with Crippen molar-refractivity contribution in [3.05, 3.63) is 81.3 Å². The van der Waals surface area contributed by atoms with Gasteiger partial charge in [0.1, 0.15) is 0 Å². The smallest absolute Gasteiger partial charge is 0.251 e. The van der Waals surface area contributed by atoms with Crippen LogP contribution in [0.1, 0.15) is 22.3 Å². The zero-order valence-corrected chi connectivity index (χ0v) is 16.1. The third-order valence-corrected chi connectivity index (χ3v) is 5.13. The van der Waals surface area contributed by atoms with E-state index in [1.165, 1.54) is 0 Å². The molecule has 0 fully saturated rings. The van der Waals surface area contributed by atoms with Gasteiger partial charge in [-0.3, -0.25) is 9.59 Å². The first-order valence-electron chi connectivity index (χ1n) is 9.46. The van der Waals surface area contributed by atoms with Gasteiger partial charge < -0.3 is 15.3 Å². The number of H-pyrrole nitrogens is 2. The number of rotatable bonds is 5. The van der Waals surface area contributed by atoms with E-state index in [2.05, 4.69) is 21.4 Å². The van der Waals surface area contributed by atoms with Crippen LogP contribution < -0.4 is 10.9 Å². The lowest BCUT2D eigenvalue weighted by Crippen LogP contribution is -2.28. The van der Waals surface area contributed by atoms with Gasteiger partial charge in [-0.1, -0.05) is 24.3 Å². The standard InChI is InChI=1S/C23H23N3O2/c1-14-9-15(2)19-11-16(23(28)26-21(19)10-14)7-8-24-22(27)12-17-13-25-20-6-4-3-5-18(17)20/h3-6,9-11,13,25H,7-8,12H2,1-2H3,(H,24,27)(H,26,28). The molecule has 0 saturated carbocycles. The third-order valence-electron chi connectivity index (χ3n) is 5.13. The lowest BCUT2D eigenvalue weighted by atomic mass is 10.0. The van der Waals surface area contributed by atoms with Crippen LogP contribution in [0.25, 0.3) is 21.8 Å². The van der Waals surface area contributed by atoms with Crippen molar-refractivity contribution in [2.45, 2.75) is 26.7 Å². The van der Waals surface area contributed by atoms with E-state index in [1.54, 1.807) is 0 Å². The molecular weight excluding hydrogens is 350 g/mol. The van der Waals surface area contributed by atoms with Crippen molar-refractivity contribution < 1.29 is 4.79 Å². The summed E-state index contributed by atoms with van der Waals surface area (Å²) in [4.78, 5) is 30.8. The average Bonchev–Trinajstić information content (AvgIpc) is 3.05. The van der Waals surface area contributed by atoms with Crippen LogP contribution in [0.5, 0.6) is 0 Å². The summed E-state index contributed by atoms with van der Waals surface area (Å²) in [5.74, 6) is -0.0474. The maximum atomic E-state index is 12.4. The van der Waals surface area contributed by atoms with Gasteiger partial charge in [0, 0.05) is 40.1 Å². The molecule has 0 unspecified atom stereocenters. The Morgan fingerprint density at radius 3 is 2.68 bits per heavy atom. The summed E-state index contributed by atoms with van der Waals surface area (Å²) >= 11 is 0. The zero-order valence-electron chi connectivity index (χ0n) is 16.1. The van der Waals surface area contributed by atoms with Crippen LogP contribution >= 0.6 is 0 Å². The molecule has 5 heteroatoms. The van der Waals surface area contributed by atoms with Crippen molar-refractivity contribution in [2.75, 3.05) is 6.54 Å². The lowest BCUT2D eigenvalue weighted by Gasteiger charge is -2.08. The molecule has 2 aromatic heterocycles. The fourth-order valence-corrected chi connectivity index (χ4v) is 3.75. The average molecular weight is 373 g/mol. The molecule has 0 bridgehead atoms. The topological polar surface area (TPSA) is 77.8 Å². The molecule has 3 N–H and O–H groups in total. The van der Waals surface area contributed by atoms with Gasteiger partial charge in [0.05, 0.1) is 6.42 Å². The Bertz CT molecular complexity index is 1230. The van der Waals surface area contributed by atoms with E-state index in [0.717, 1.165) is 38.5 Å². The number of aromatic amines is 2. The number of aryl methyl sites for hydroxylation is 2. The summed E-state index contributed by atoms with van der Waals surface area (Å²) in [5.41, 5.74) is 5.71. The van der Waals surface area contributed by atoms with Gasteiger partial charge in [-0.2, -0.15) is 0 Å². The molecule has 0 aliphatic carbocycles. The van der Waals surface area contributed by atoms with Gasteiger partial charge in [-0.25, -0.2) is 0 Å². The molecule has 4 aromatic rings. The number of nitrogens with one attached hydrogen (secondary N) is 3. The molecule has 0 aliphatic rings. The molecule has 0 aliphatic heterocycles. The molecule has 0 atom stereocenters. The number of amides is 1. The highest BCUT2D eigenvalue weighted by molar-refractivity contribution is 5.89. The van der Waals surface area contributed by atoms with E-state index < -0.39 is 0 Å². The fraction of sp³-hybridized carbons (Fsp3) is 0.217. The minimum absolute atomic E-state index is 0.0474. The predicted molar refractivity (Wildman–Crippen MR) is 113 cm³/mol. The highest BCUT2D eigenvalue weighted by Crippen LogP contribution is 2.19.